The van der Waals surface area contributed by atoms with Crippen molar-refractivity contribution in [2.75, 3.05) is 60.6 Å². The average molecular weight is 524 g/mol. The fraction of sp³-hybridized carbons (Fsp3) is 0.407. The third-order valence-electron chi connectivity index (χ3n) is 6.17. The zero-order valence-electron chi connectivity index (χ0n) is 22.5. The molecule has 37 heavy (non-hydrogen) atoms. The van der Waals surface area contributed by atoms with E-state index in [0.29, 0.717) is 11.8 Å². The Morgan fingerprint density at radius 3 is 2.24 bits per heavy atom. The lowest BCUT2D eigenvalue weighted by atomic mass is 10.2. The van der Waals surface area contributed by atoms with Gasteiger partial charge in [-0.05, 0) is 71.1 Å². The molecule has 1 atom stereocenters. The summed E-state index contributed by atoms with van der Waals surface area (Å²) < 4.78 is 20.8. The van der Waals surface area contributed by atoms with E-state index in [2.05, 4.69) is 48.2 Å². The molecule has 0 aliphatic carbocycles. The first-order valence-corrected chi connectivity index (χ1v) is 13.5. The van der Waals surface area contributed by atoms with Crippen LogP contribution < -0.4 is 25.0 Å². The van der Waals surface area contributed by atoms with E-state index in [1.165, 1.54) is 0 Å². The Bertz CT molecular complexity index is 1240. The lowest BCUT2D eigenvalue weighted by molar-refractivity contribution is 0.311. The van der Waals surface area contributed by atoms with Crippen molar-refractivity contribution < 1.29 is 8.95 Å². The molecule has 3 N–H and O–H groups in total. The van der Waals surface area contributed by atoms with Crippen LogP contribution in [0.3, 0.4) is 0 Å². The Morgan fingerprint density at radius 2 is 1.59 bits per heavy atom. The number of hydrogen-bond acceptors (Lipinski definition) is 8. The third-order valence-corrected chi connectivity index (χ3v) is 7.70. The summed E-state index contributed by atoms with van der Waals surface area (Å²) in [4.78, 5) is 13.8. The van der Waals surface area contributed by atoms with Gasteiger partial charge in [0.15, 0.2) is 0 Å². The molecular weight excluding hydrogens is 486 g/mol. The maximum atomic E-state index is 12.3. The summed E-state index contributed by atoms with van der Waals surface area (Å²) >= 11 is 0. The fourth-order valence-electron chi connectivity index (χ4n) is 3.84. The van der Waals surface area contributed by atoms with Crippen molar-refractivity contribution >= 4 is 45.5 Å². The maximum absolute atomic E-state index is 12.3. The highest BCUT2D eigenvalue weighted by Crippen LogP contribution is 2.33. The summed E-state index contributed by atoms with van der Waals surface area (Å²) in [5.41, 5.74) is 4.54. The molecule has 3 aromatic rings. The number of nitrogens with zero attached hydrogens (tertiary/aromatic N) is 4. The highest BCUT2D eigenvalue weighted by atomic mass is 32.2. The smallest absolute Gasteiger partial charge is 0.229 e. The first kappa shape index (κ1) is 26.7. The van der Waals surface area contributed by atoms with Crippen LogP contribution in [0, 0.1) is 6.92 Å². The zero-order valence-corrected chi connectivity index (χ0v) is 23.3. The standard InChI is InChI=1S/C27H37N7O2S/c1-19-18-28-26(30-22-11-12-23(24(17-22)36-6)34-15-13-33(5)14-16-34)31-25(19)29-20-7-9-21(10-8-20)32-37(35)27(2,3)4/h7-12,17-18,32H,13-16H2,1-6H3,(H2,28,29,30,31). The molecular formula is C27H37N7O2S. The van der Waals surface area contributed by atoms with Crippen molar-refractivity contribution in [1.82, 2.24) is 14.9 Å². The number of piperazine rings is 1. The summed E-state index contributed by atoms with van der Waals surface area (Å²) in [5.74, 6) is 2.01. The lowest BCUT2D eigenvalue weighted by Gasteiger charge is -2.34. The van der Waals surface area contributed by atoms with Gasteiger partial charge in [0.1, 0.15) is 22.6 Å². The molecule has 1 aliphatic rings. The molecule has 1 unspecified atom stereocenters. The van der Waals surface area contributed by atoms with Crippen LogP contribution >= 0.6 is 0 Å². The molecule has 10 heteroatoms. The van der Waals surface area contributed by atoms with Gasteiger partial charge in [0.25, 0.3) is 0 Å². The van der Waals surface area contributed by atoms with Crippen molar-refractivity contribution in [1.29, 1.82) is 0 Å². The number of rotatable bonds is 8. The number of anilines is 6. The van der Waals surface area contributed by atoms with Crippen LogP contribution in [0.5, 0.6) is 5.75 Å². The van der Waals surface area contributed by atoms with E-state index in [1.807, 2.05) is 64.1 Å². The number of hydrogen-bond donors (Lipinski definition) is 3. The normalized spacial score (nSPS) is 15.2. The Kier molecular flexibility index (Phi) is 8.19. The van der Waals surface area contributed by atoms with Gasteiger partial charge in [-0.2, -0.15) is 4.98 Å². The summed E-state index contributed by atoms with van der Waals surface area (Å²) in [5, 5.41) is 6.66. The molecule has 2 aromatic carbocycles. The third kappa shape index (κ3) is 6.90. The first-order valence-electron chi connectivity index (χ1n) is 12.4. The van der Waals surface area contributed by atoms with Gasteiger partial charge >= 0.3 is 0 Å². The summed E-state index contributed by atoms with van der Waals surface area (Å²) in [6.07, 6.45) is 1.79. The molecule has 198 valence electrons. The van der Waals surface area contributed by atoms with Crippen molar-refractivity contribution in [2.45, 2.75) is 32.4 Å². The highest BCUT2D eigenvalue weighted by molar-refractivity contribution is 7.87. The Balaban J connectivity index is 1.45. The van der Waals surface area contributed by atoms with Crippen LogP contribution in [0.15, 0.2) is 48.7 Å². The number of methoxy groups -OCH3 is 1. The first-order chi connectivity index (χ1) is 17.6. The molecule has 0 spiro atoms. The largest absolute Gasteiger partial charge is 0.495 e. The molecule has 1 saturated heterocycles. The number of aromatic nitrogens is 2. The van der Waals surface area contributed by atoms with Crippen LogP contribution in [-0.4, -0.2) is 64.2 Å². The predicted molar refractivity (Wildman–Crippen MR) is 154 cm³/mol. The van der Waals surface area contributed by atoms with Gasteiger partial charge < -0.3 is 29.9 Å². The van der Waals surface area contributed by atoms with E-state index < -0.39 is 11.0 Å². The van der Waals surface area contributed by atoms with Crippen LogP contribution in [-0.2, 0) is 11.0 Å². The molecule has 1 aromatic heterocycles. The van der Waals surface area contributed by atoms with Gasteiger partial charge in [-0.15, -0.1) is 0 Å². The van der Waals surface area contributed by atoms with Crippen molar-refractivity contribution in [3.63, 3.8) is 0 Å². The van der Waals surface area contributed by atoms with Crippen LogP contribution in [0.2, 0.25) is 0 Å². The summed E-state index contributed by atoms with van der Waals surface area (Å²) in [6, 6.07) is 13.8. The second-order valence-corrected chi connectivity index (χ2v) is 12.2. The van der Waals surface area contributed by atoms with Gasteiger partial charge in [0.2, 0.25) is 5.95 Å². The molecule has 0 bridgehead atoms. The minimum atomic E-state index is -1.18. The van der Waals surface area contributed by atoms with E-state index in [0.717, 1.165) is 60.2 Å². The number of ether oxygens (including phenoxy) is 1. The molecule has 1 fully saturated rings. The minimum Gasteiger partial charge on any atom is -0.495 e. The van der Waals surface area contributed by atoms with Crippen molar-refractivity contribution in [3.8, 4) is 5.75 Å². The van der Waals surface area contributed by atoms with Gasteiger partial charge in [-0.25, -0.2) is 9.19 Å². The summed E-state index contributed by atoms with van der Waals surface area (Å²) in [7, 11) is 2.67. The van der Waals surface area contributed by atoms with Crippen LogP contribution in [0.4, 0.5) is 34.5 Å². The molecule has 9 nitrogen and oxygen atoms in total. The molecule has 0 amide bonds. The average Bonchev–Trinajstić information content (AvgIpc) is 2.87. The topological polar surface area (TPSA) is 94.6 Å². The lowest BCUT2D eigenvalue weighted by Crippen LogP contribution is -2.44. The fourth-order valence-corrected chi connectivity index (χ4v) is 4.50. The second kappa shape index (κ2) is 11.4. The molecule has 4 rings (SSSR count). The van der Waals surface area contributed by atoms with Crippen LogP contribution in [0.1, 0.15) is 26.3 Å². The molecule has 0 saturated carbocycles. The van der Waals surface area contributed by atoms with Gasteiger partial charge in [0.05, 0.1) is 17.5 Å². The monoisotopic (exact) mass is 523 g/mol. The predicted octanol–water partition coefficient (Wildman–Crippen LogP) is 4.91. The number of aryl methyl sites for hydroxylation is 1. The van der Waals surface area contributed by atoms with E-state index in [-0.39, 0.29) is 4.75 Å². The maximum Gasteiger partial charge on any atom is 0.229 e. The number of benzene rings is 2. The second-order valence-electron chi connectivity index (χ2n) is 10.2. The van der Waals surface area contributed by atoms with Gasteiger partial charge in [0, 0.05) is 61.1 Å². The van der Waals surface area contributed by atoms with Crippen LogP contribution in [0.25, 0.3) is 0 Å². The van der Waals surface area contributed by atoms with E-state index in [1.54, 1.807) is 13.3 Å². The van der Waals surface area contributed by atoms with E-state index in [9.17, 15) is 4.21 Å². The highest BCUT2D eigenvalue weighted by Gasteiger charge is 2.20. The Hall–Kier alpha value is -3.37. The quantitative estimate of drug-likeness (QED) is 0.384. The van der Waals surface area contributed by atoms with E-state index >= 15 is 0 Å². The number of nitrogens with one attached hydrogen (secondary N) is 3. The van der Waals surface area contributed by atoms with Gasteiger partial charge in [-0.1, -0.05) is 0 Å². The molecule has 2 heterocycles. The Morgan fingerprint density at radius 1 is 0.946 bits per heavy atom. The zero-order chi connectivity index (χ0) is 26.6. The summed E-state index contributed by atoms with van der Waals surface area (Å²) in [6.45, 7) is 11.8. The molecule has 1 aliphatic heterocycles. The molecule has 0 radical (unpaired) electrons. The van der Waals surface area contributed by atoms with Gasteiger partial charge in [-0.3, -0.25) is 0 Å². The SMILES string of the molecule is COc1cc(Nc2ncc(C)c(Nc3ccc(NS(=O)C(C)(C)C)cc3)n2)ccc1N1CCN(C)CC1. The van der Waals surface area contributed by atoms with Crippen molar-refractivity contribution in [3.05, 3.63) is 54.2 Å². The minimum absolute atomic E-state index is 0.340. The number of likely N-dealkylation sites (N-methyl/N-ethyl adjacent to an activating group) is 1. The van der Waals surface area contributed by atoms with Crippen molar-refractivity contribution in [2.24, 2.45) is 0 Å². The van der Waals surface area contributed by atoms with E-state index in [4.69, 9.17) is 4.74 Å². The Labute approximate surface area is 222 Å².